The van der Waals surface area contributed by atoms with Gasteiger partial charge in [0.25, 0.3) is 5.91 Å². The van der Waals surface area contributed by atoms with Crippen LogP contribution in [0.5, 0.6) is 0 Å². The average molecular weight is 559 g/mol. The first-order valence-corrected chi connectivity index (χ1v) is 13.0. The molecule has 3 aromatic carbocycles. The second-order valence-corrected chi connectivity index (χ2v) is 10.8. The van der Waals surface area contributed by atoms with Crippen molar-refractivity contribution in [2.75, 3.05) is 34.4 Å². The van der Waals surface area contributed by atoms with Crippen LogP contribution in [0.15, 0.2) is 71.8 Å². The number of carbonyl (C=O) groups excluding carboxylic acids is 1. The molecule has 1 amide bonds. The normalized spacial score (nSPS) is 23.0. The number of amides is 1. The summed E-state index contributed by atoms with van der Waals surface area (Å²) in [7, 11) is 0. The van der Waals surface area contributed by atoms with E-state index in [0.29, 0.717) is 46.6 Å². The van der Waals surface area contributed by atoms with Gasteiger partial charge in [-0.05, 0) is 79.6 Å². The molecular weight excluding hydrogens is 536 g/mol. The van der Waals surface area contributed by atoms with E-state index in [2.05, 4.69) is 14.9 Å². The Balaban J connectivity index is 1.47. The molecule has 3 aliphatic rings. The summed E-state index contributed by atoms with van der Waals surface area (Å²) in [5, 5.41) is 7.16. The number of nitrogens with zero attached hydrogens (tertiary/aromatic N) is 4. The summed E-state index contributed by atoms with van der Waals surface area (Å²) in [6.07, 6.45) is -4.36. The van der Waals surface area contributed by atoms with Crippen molar-refractivity contribution in [2.24, 2.45) is 10.5 Å². The highest BCUT2D eigenvalue weighted by Gasteiger charge is 2.60. The highest BCUT2D eigenvalue weighted by atomic mass is 35.5. The number of anilines is 3. The molecule has 0 aliphatic carbocycles. The maximum Gasteiger partial charge on any atom is 0.416 e. The second kappa shape index (κ2) is 8.92. The fraction of sp³-hybridized carbons (Fsp3) is 0.286. The van der Waals surface area contributed by atoms with E-state index < -0.39 is 17.2 Å². The predicted molar refractivity (Wildman–Crippen MR) is 144 cm³/mol. The van der Waals surface area contributed by atoms with E-state index in [-0.39, 0.29) is 18.4 Å². The number of rotatable bonds is 2. The quantitative estimate of drug-likeness (QED) is 0.352. The van der Waals surface area contributed by atoms with Gasteiger partial charge in [-0.3, -0.25) is 4.79 Å². The Morgan fingerprint density at radius 3 is 2.42 bits per heavy atom. The Labute approximate surface area is 228 Å². The van der Waals surface area contributed by atoms with Gasteiger partial charge in [0.1, 0.15) is 5.41 Å². The van der Waals surface area contributed by atoms with Gasteiger partial charge in [0, 0.05) is 41.1 Å². The van der Waals surface area contributed by atoms with Crippen LogP contribution in [0.1, 0.15) is 18.1 Å². The summed E-state index contributed by atoms with van der Waals surface area (Å²) in [6, 6.07) is 17.8. The minimum Gasteiger partial charge on any atom is -0.368 e. The molecular formula is C28H23Cl2F3N4O. The van der Waals surface area contributed by atoms with Gasteiger partial charge in [0.15, 0.2) is 0 Å². The molecule has 6 rings (SSSR count). The highest BCUT2D eigenvalue weighted by Crippen LogP contribution is 2.49. The molecule has 2 atom stereocenters. The Hall–Kier alpha value is -3.23. The summed E-state index contributed by atoms with van der Waals surface area (Å²) in [4.78, 5) is 18.6. The third-order valence-electron chi connectivity index (χ3n) is 7.85. The van der Waals surface area contributed by atoms with Gasteiger partial charge in [-0.15, -0.1) is 0 Å². The van der Waals surface area contributed by atoms with Crippen LogP contribution in [0.3, 0.4) is 0 Å². The smallest absolute Gasteiger partial charge is 0.368 e. The van der Waals surface area contributed by atoms with E-state index in [0.717, 1.165) is 17.4 Å². The van der Waals surface area contributed by atoms with Crippen molar-refractivity contribution in [3.05, 3.63) is 87.9 Å². The van der Waals surface area contributed by atoms with Gasteiger partial charge in [-0.2, -0.15) is 23.3 Å². The van der Waals surface area contributed by atoms with Crippen molar-refractivity contribution >= 4 is 51.9 Å². The van der Waals surface area contributed by atoms with E-state index in [9.17, 15) is 18.0 Å². The first-order chi connectivity index (χ1) is 18.1. The minimum absolute atomic E-state index is 0.120. The number of hydrazone groups is 1. The van der Waals surface area contributed by atoms with Gasteiger partial charge >= 0.3 is 6.18 Å². The van der Waals surface area contributed by atoms with Crippen LogP contribution in [0, 0.1) is 5.41 Å². The predicted octanol–water partition coefficient (Wildman–Crippen LogP) is 6.67. The standard InChI is InChI=1S/C28H23Cl2F3N4O/c1-17-27(26(38)37(34-17)22-8-6-20(29)7-9-22)15-18-13-19(28(31,32)33)5-10-24(18)36-12-11-35(16-25(27)36)23-4-2-3-21(30)14-23/h2-10,13-14,25H,11-12,15-16H2,1H3. The third-order valence-corrected chi connectivity index (χ3v) is 8.34. The van der Waals surface area contributed by atoms with Crippen molar-refractivity contribution in [1.29, 1.82) is 0 Å². The summed E-state index contributed by atoms with van der Waals surface area (Å²) in [6.45, 7) is 3.42. The number of fused-ring (bicyclic) bond motifs is 4. The number of alkyl halides is 3. The first-order valence-electron chi connectivity index (χ1n) is 12.2. The summed E-state index contributed by atoms with van der Waals surface area (Å²) >= 11 is 12.3. The molecule has 0 bridgehead atoms. The molecule has 0 N–H and O–H groups in total. The molecule has 0 radical (unpaired) electrons. The van der Waals surface area contributed by atoms with Crippen LogP contribution >= 0.6 is 23.2 Å². The minimum atomic E-state index is -4.48. The Morgan fingerprint density at radius 1 is 0.947 bits per heavy atom. The molecule has 10 heteroatoms. The van der Waals surface area contributed by atoms with E-state index in [1.165, 1.54) is 17.1 Å². The van der Waals surface area contributed by atoms with Gasteiger partial charge in [0.2, 0.25) is 0 Å². The molecule has 1 fully saturated rings. The number of hydrogen-bond donors (Lipinski definition) is 0. The first kappa shape index (κ1) is 25.1. The fourth-order valence-corrected chi connectivity index (χ4v) is 6.29. The molecule has 38 heavy (non-hydrogen) atoms. The van der Waals surface area contributed by atoms with Crippen LogP contribution in [0.2, 0.25) is 10.0 Å². The summed E-state index contributed by atoms with van der Waals surface area (Å²) in [5.74, 6) is -0.261. The van der Waals surface area contributed by atoms with E-state index in [1.807, 2.05) is 18.2 Å². The number of piperazine rings is 1. The van der Waals surface area contributed by atoms with Crippen LogP contribution < -0.4 is 14.8 Å². The van der Waals surface area contributed by atoms with E-state index in [1.54, 1.807) is 37.3 Å². The van der Waals surface area contributed by atoms with Gasteiger partial charge < -0.3 is 9.80 Å². The van der Waals surface area contributed by atoms with Crippen LogP contribution in [0.25, 0.3) is 0 Å². The van der Waals surface area contributed by atoms with Crippen LogP contribution in [-0.4, -0.2) is 37.3 Å². The zero-order valence-electron chi connectivity index (χ0n) is 20.3. The molecule has 0 aromatic heterocycles. The third kappa shape index (κ3) is 3.93. The fourth-order valence-electron chi connectivity index (χ4n) is 5.98. The average Bonchev–Trinajstić information content (AvgIpc) is 3.13. The lowest BCUT2D eigenvalue weighted by atomic mass is 9.67. The Morgan fingerprint density at radius 2 is 1.71 bits per heavy atom. The largest absolute Gasteiger partial charge is 0.416 e. The van der Waals surface area contributed by atoms with E-state index in [4.69, 9.17) is 23.2 Å². The molecule has 5 nitrogen and oxygen atoms in total. The summed E-state index contributed by atoms with van der Waals surface area (Å²) < 4.78 is 41.0. The number of hydrogen-bond acceptors (Lipinski definition) is 4. The zero-order chi connectivity index (χ0) is 26.8. The monoisotopic (exact) mass is 558 g/mol. The van der Waals surface area contributed by atoms with Crippen molar-refractivity contribution in [3.63, 3.8) is 0 Å². The SMILES string of the molecule is CC1=NN(c2ccc(Cl)cc2)C(=O)C12Cc1cc(C(F)(F)F)ccc1N1CCN(c3cccc(Cl)c3)CC12. The molecule has 0 saturated carbocycles. The van der Waals surface area contributed by atoms with Crippen molar-refractivity contribution in [1.82, 2.24) is 0 Å². The number of carbonyl (C=O) groups is 1. The van der Waals surface area contributed by atoms with Crippen molar-refractivity contribution < 1.29 is 18.0 Å². The Kier molecular flexibility index (Phi) is 5.88. The highest BCUT2D eigenvalue weighted by molar-refractivity contribution is 6.31. The topological polar surface area (TPSA) is 39.2 Å². The summed E-state index contributed by atoms with van der Waals surface area (Å²) in [5.41, 5.74) is 1.41. The zero-order valence-corrected chi connectivity index (χ0v) is 21.9. The van der Waals surface area contributed by atoms with Crippen LogP contribution in [-0.2, 0) is 17.4 Å². The lowest BCUT2D eigenvalue weighted by Crippen LogP contribution is -2.67. The van der Waals surface area contributed by atoms with Crippen molar-refractivity contribution in [2.45, 2.75) is 25.6 Å². The maximum absolute atomic E-state index is 14.3. The lowest BCUT2D eigenvalue weighted by Gasteiger charge is -2.53. The van der Waals surface area contributed by atoms with Gasteiger partial charge in [-0.1, -0.05) is 29.3 Å². The molecule has 1 spiro atoms. The van der Waals surface area contributed by atoms with E-state index >= 15 is 0 Å². The molecule has 1 saturated heterocycles. The molecule has 3 aliphatic heterocycles. The maximum atomic E-state index is 14.3. The van der Waals surface area contributed by atoms with Crippen LogP contribution in [0.4, 0.5) is 30.2 Å². The van der Waals surface area contributed by atoms with Crippen molar-refractivity contribution in [3.8, 4) is 0 Å². The molecule has 196 valence electrons. The van der Waals surface area contributed by atoms with Gasteiger partial charge in [0.05, 0.1) is 23.0 Å². The lowest BCUT2D eigenvalue weighted by molar-refractivity contribution is -0.137. The molecule has 2 unspecified atom stereocenters. The second-order valence-electron chi connectivity index (χ2n) is 9.90. The molecule has 3 heterocycles. The molecule has 3 aromatic rings. The number of benzene rings is 3. The van der Waals surface area contributed by atoms with Gasteiger partial charge in [-0.25, -0.2) is 0 Å². The number of halogens is 5. The Bertz CT molecular complexity index is 1460.